The van der Waals surface area contributed by atoms with Crippen LogP contribution in [0.4, 0.5) is 4.79 Å². The zero-order valence-corrected chi connectivity index (χ0v) is 9.96. The van der Waals surface area contributed by atoms with Gasteiger partial charge in [-0.1, -0.05) is 32.6 Å². The SMILES string of the molecule is CCCCOC(=O)NC1(C=O)CCCCC1. The number of nitrogens with one attached hydrogen (secondary N) is 1. The van der Waals surface area contributed by atoms with Crippen molar-refractivity contribution in [1.29, 1.82) is 0 Å². The lowest BCUT2D eigenvalue weighted by Gasteiger charge is -2.32. The van der Waals surface area contributed by atoms with E-state index in [0.29, 0.717) is 6.61 Å². The second-order valence-corrected chi connectivity index (χ2v) is 4.45. The number of carbonyl (C=O) groups is 2. The molecule has 0 bridgehead atoms. The third kappa shape index (κ3) is 3.83. The molecule has 0 spiro atoms. The van der Waals surface area contributed by atoms with Crippen LogP contribution in [0.3, 0.4) is 0 Å². The molecule has 4 nitrogen and oxygen atoms in total. The zero-order valence-electron chi connectivity index (χ0n) is 9.96. The Morgan fingerprint density at radius 3 is 2.62 bits per heavy atom. The maximum Gasteiger partial charge on any atom is 0.407 e. The lowest BCUT2D eigenvalue weighted by Crippen LogP contribution is -2.51. The molecule has 1 rings (SSSR count). The predicted molar refractivity (Wildman–Crippen MR) is 61.3 cm³/mol. The Bertz CT molecular complexity index is 234. The molecule has 1 aliphatic carbocycles. The van der Waals surface area contributed by atoms with Gasteiger partial charge in [-0.05, 0) is 19.3 Å². The van der Waals surface area contributed by atoms with Gasteiger partial charge in [0.1, 0.15) is 6.29 Å². The summed E-state index contributed by atoms with van der Waals surface area (Å²) in [6, 6.07) is 0. The number of hydrogen-bond donors (Lipinski definition) is 1. The molecular formula is C12H21NO3. The van der Waals surface area contributed by atoms with Gasteiger partial charge in [-0.3, -0.25) is 0 Å². The standard InChI is InChI=1S/C12H21NO3/c1-2-3-9-16-11(15)13-12(10-14)7-5-4-6-8-12/h10H,2-9H2,1H3,(H,13,15). The maximum absolute atomic E-state index is 11.5. The smallest absolute Gasteiger partial charge is 0.407 e. The summed E-state index contributed by atoms with van der Waals surface area (Å²) in [5, 5.41) is 2.71. The molecule has 0 aromatic carbocycles. The molecule has 0 saturated heterocycles. The van der Waals surface area contributed by atoms with E-state index in [1.807, 2.05) is 6.92 Å². The molecule has 0 aromatic rings. The van der Waals surface area contributed by atoms with Gasteiger partial charge in [0, 0.05) is 0 Å². The summed E-state index contributed by atoms with van der Waals surface area (Å²) in [5.74, 6) is 0. The molecule has 1 N–H and O–H groups in total. The third-order valence-corrected chi connectivity index (χ3v) is 3.05. The van der Waals surface area contributed by atoms with Gasteiger partial charge in [0.2, 0.25) is 0 Å². The van der Waals surface area contributed by atoms with E-state index in [1.165, 1.54) is 0 Å². The number of ether oxygens (including phenoxy) is 1. The van der Waals surface area contributed by atoms with E-state index in [9.17, 15) is 9.59 Å². The summed E-state index contributed by atoms with van der Waals surface area (Å²) in [5.41, 5.74) is -0.665. The first-order valence-corrected chi connectivity index (χ1v) is 6.14. The number of alkyl carbamates (subject to hydrolysis) is 1. The van der Waals surface area contributed by atoms with Crippen LogP contribution in [0.1, 0.15) is 51.9 Å². The largest absolute Gasteiger partial charge is 0.450 e. The van der Waals surface area contributed by atoms with Crippen molar-refractivity contribution in [3.8, 4) is 0 Å². The summed E-state index contributed by atoms with van der Waals surface area (Å²) >= 11 is 0. The van der Waals surface area contributed by atoms with E-state index in [4.69, 9.17) is 4.74 Å². The van der Waals surface area contributed by atoms with Crippen LogP contribution in [0.15, 0.2) is 0 Å². The summed E-state index contributed by atoms with van der Waals surface area (Å²) in [6.07, 6.45) is 6.87. The summed E-state index contributed by atoms with van der Waals surface area (Å²) in [4.78, 5) is 22.5. The Balaban J connectivity index is 2.36. The van der Waals surface area contributed by atoms with Gasteiger partial charge in [-0.25, -0.2) is 4.79 Å². The van der Waals surface area contributed by atoms with Gasteiger partial charge in [-0.15, -0.1) is 0 Å². The number of carbonyl (C=O) groups excluding carboxylic acids is 2. The van der Waals surface area contributed by atoms with Gasteiger partial charge in [0.25, 0.3) is 0 Å². The fourth-order valence-corrected chi connectivity index (χ4v) is 2.00. The molecule has 92 valence electrons. The minimum absolute atomic E-state index is 0.428. The second-order valence-electron chi connectivity index (χ2n) is 4.45. The van der Waals surface area contributed by atoms with Gasteiger partial charge in [0.05, 0.1) is 12.1 Å². The molecule has 0 atom stereocenters. The average Bonchev–Trinajstić information content (AvgIpc) is 2.30. The fourth-order valence-electron chi connectivity index (χ4n) is 2.00. The second kappa shape index (κ2) is 6.51. The monoisotopic (exact) mass is 227 g/mol. The molecule has 1 fully saturated rings. The minimum atomic E-state index is -0.665. The quantitative estimate of drug-likeness (QED) is 0.579. The van der Waals surface area contributed by atoms with E-state index in [2.05, 4.69) is 5.32 Å². The van der Waals surface area contributed by atoms with Crippen molar-refractivity contribution in [2.24, 2.45) is 0 Å². The van der Waals surface area contributed by atoms with Crippen LogP contribution in [-0.4, -0.2) is 24.5 Å². The minimum Gasteiger partial charge on any atom is -0.450 e. The number of rotatable bonds is 5. The first kappa shape index (κ1) is 13.0. The lowest BCUT2D eigenvalue weighted by molar-refractivity contribution is -0.114. The molecule has 0 aromatic heterocycles. The van der Waals surface area contributed by atoms with Gasteiger partial charge >= 0.3 is 6.09 Å². The van der Waals surface area contributed by atoms with Crippen LogP contribution in [0, 0.1) is 0 Å². The highest BCUT2D eigenvalue weighted by molar-refractivity contribution is 5.76. The Labute approximate surface area is 96.7 Å². The number of unbranched alkanes of at least 4 members (excludes halogenated alkanes) is 1. The Hall–Kier alpha value is -1.06. The molecule has 1 aliphatic rings. The molecule has 0 unspecified atom stereocenters. The van der Waals surface area contributed by atoms with Gasteiger partial charge in [0.15, 0.2) is 0 Å². The van der Waals surface area contributed by atoms with Crippen molar-refractivity contribution < 1.29 is 14.3 Å². The van der Waals surface area contributed by atoms with Crippen LogP contribution in [0.2, 0.25) is 0 Å². The van der Waals surface area contributed by atoms with Crippen LogP contribution in [-0.2, 0) is 9.53 Å². The molecule has 16 heavy (non-hydrogen) atoms. The molecule has 1 saturated carbocycles. The van der Waals surface area contributed by atoms with Crippen molar-refractivity contribution in [3.05, 3.63) is 0 Å². The first-order chi connectivity index (χ1) is 7.72. The molecule has 1 amide bonds. The van der Waals surface area contributed by atoms with Crippen molar-refractivity contribution in [1.82, 2.24) is 5.32 Å². The molecule has 0 radical (unpaired) electrons. The normalized spacial score (nSPS) is 18.8. The third-order valence-electron chi connectivity index (χ3n) is 3.05. The Kier molecular flexibility index (Phi) is 5.29. The first-order valence-electron chi connectivity index (χ1n) is 6.14. The van der Waals surface area contributed by atoms with Crippen LogP contribution < -0.4 is 5.32 Å². The van der Waals surface area contributed by atoms with Crippen LogP contribution in [0.5, 0.6) is 0 Å². The van der Waals surface area contributed by atoms with Crippen LogP contribution in [0.25, 0.3) is 0 Å². The summed E-state index contributed by atoms with van der Waals surface area (Å²) in [7, 11) is 0. The predicted octanol–water partition coefficient (Wildman–Crippen LogP) is 2.41. The molecule has 0 heterocycles. The van der Waals surface area contributed by atoms with Gasteiger partial charge in [-0.2, -0.15) is 0 Å². The fraction of sp³-hybridized carbons (Fsp3) is 0.833. The van der Waals surface area contributed by atoms with Crippen molar-refractivity contribution in [2.75, 3.05) is 6.61 Å². The van der Waals surface area contributed by atoms with Crippen molar-refractivity contribution in [3.63, 3.8) is 0 Å². The summed E-state index contributed by atoms with van der Waals surface area (Å²) in [6.45, 7) is 2.46. The Morgan fingerprint density at radius 1 is 1.38 bits per heavy atom. The van der Waals surface area contributed by atoms with E-state index in [-0.39, 0.29) is 0 Å². The number of amides is 1. The number of aldehydes is 1. The topological polar surface area (TPSA) is 55.4 Å². The molecular weight excluding hydrogens is 206 g/mol. The summed E-state index contributed by atoms with van der Waals surface area (Å²) < 4.78 is 5.00. The van der Waals surface area contributed by atoms with Crippen molar-refractivity contribution in [2.45, 2.75) is 57.4 Å². The highest BCUT2D eigenvalue weighted by Crippen LogP contribution is 2.26. The number of hydrogen-bond acceptors (Lipinski definition) is 3. The van der Waals surface area contributed by atoms with Gasteiger partial charge < -0.3 is 14.8 Å². The van der Waals surface area contributed by atoms with E-state index >= 15 is 0 Å². The highest BCUT2D eigenvalue weighted by Gasteiger charge is 2.33. The van der Waals surface area contributed by atoms with E-state index in [0.717, 1.165) is 51.2 Å². The lowest BCUT2D eigenvalue weighted by atomic mass is 9.83. The van der Waals surface area contributed by atoms with E-state index in [1.54, 1.807) is 0 Å². The van der Waals surface area contributed by atoms with Crippen LogP contribution >= 0.6 is 0 Å². The molecule has 4 heteroatoms. The average molecular weight is 227 g/mol. The Morgan fingerprint density at radius 2 is 2.06 bits per heavy atom. The molecule has 0 aliphatic heterocycles. The zero-order chi connectivity index (χ0) is 11.9. The maximum atomic E-state index is 11.5. The highest BCUT2D eigenvalue weighted by atomic mass is 16.5. The van der Waals surface area contributed by atoms with E-state index < -0.39 is 11.6 Å². The van der Waals surface area contributed by atoms with Crippen molar-refractivity contribution >= 4 is 12.4 Å².